The number of hydrogen-bond acceptors (Lipinski definition) is 4. The van der Waals surface area contributed by atoms with Crippen molar-refractivity contribution in [3.05, 3.63) is 51.2 Å². The predicted molar refractivity (Wildman–Crippen MR) is 97.1 cm³/mol. The summed E-state index contributed by atoms with van der Waals surface area (Å²) in [5.74, 6) is 0.0401. The molecule has 1 aliphatic rings. The lowest BCUT2D eigenvalue weighted by atomic mass is 10.1. The average molecular weight is 380 g/mol. The van der Waals surface area contributed by atoms with Crippen molar-refractivity contribution in [3.8, 4) is 5.75 Å². The second-order valence-corrected chi connectivity index (χ2v) is 7.49. The maximum atomic E-state index is 12.4. The molecule has 2 heterocycles. The number of piperazine rings is 1. The Hall–Kier alpha value is -2.25. The molecule has 6 nitrogen and oxygen atoms in total. The molecule has 0 unspecified atom stereocenters. The van der Waals surface area contributed by atoms with Gasteiger partial charge in [-0.25, -0.2) is 4.79 Å². The van der Waals surface area contributed by atoms with E-state index in [1.807, 2.05) is 6.07 Å². The lowest BCUT2D eigenvalue weighted by molar-refractivity contribution is 0.0665. The maximum absolute atomic E-state index is 12.4. The zero-order valence-electron chi connectivity index (χ0n) is 13.4. The molecule has 1 aromatic carbocycles. The maximum Gasteiger partial charge on any atom is 0.317 e. The molecule has 1 fully saturated rings. The Morgan fingerprint density at radius 2 is 1.68 bits per heavy atom. The number of phenolic OH excluding ortho intramolecular Hbond substituents is 1. The number of urea groups is 1. The van der Waals surface area contributed by atoms with Gasteiger partial charge in [0.25, 0.3) is 5.91 Å². The van der Waals surface area contributed by atoms with E-state index in [1.54, 1.807) is 28.0 Å². The summed E-state index contributed by atoms with van der Waals surface area (Å²) in [6.45, 7) is 2.39. The number of hydrogen-bond donors (Lipinski definition) is 2. The van der Waals surface area contributed by atoms with Gasteiger partial charge in [0.05, 0.1) is 10.9 Å². The largest absolute Gasteiger partial charge is 0.508 e. The molecule has 0 aliphatic carbocycles. The van der Waals surface area contributed by atoms with Crippen LogP contribution in [0.3, 0.4) is 0 Å². The van der Waals surface area contributed by atoms with Gasteiger partial charge in [-0.1, -0.05) is 11.6 Å². The molecule has 3 amide bonds. The number of halogens is 1. The minimum Gasteiger partial charge on any atom is -0.508 e. The highest BCUT2D eigenvalue weighted by Gasteiger charge is 2.24. The van der Waals surface area contributed by atoms with Crippen molar-refractivity contribution in [2.45, 2.75) is 6.54 Å². The molecule has 8 heteroatoms. The zero-order chi connectivity index (χ0) is 17.8. The number of rotatable bonds is 3. The first-order valence-electron chi connectivity index (χ1n) is 7.88. The number of aromatic hydroxyl groups is 1. The fourth-order valence-electron chi connectivity index (χ4n) is 2.62. The Morgan fingerprint density at radius 1 is 1.04 bits per heavy atom. The van der Waals surface area contributed by atoms with Crippen LogP contribution in [0.5, 0.6) is 5.75 Å². The zero-order valence-corrected chi connectivity index (χ0v) is 15.0. The molecule has 3 rings (SSSR count). The standard InChI is InChI=1S/C17H18ClN3O3S/c18-15-6-5-14(25-15)11-19-17(24)21-9-7-20(8-10-21)16(23)12-1-3-13(22)4-2-12/h1-6,22H,7-11H2,(H,19,24). The highest BCUT2D eigenvalue weighted by atomic mass is 35.5. The third-order valence-electron chi connectivity index (χ3n) is 4.01. The summed E-state index contributed by atoms with van der Waals surface area (Å²) in [7, 11) is 0. The van der Waals surface area contributed by atoms with Crippen molar-refractivity contribution in [3.63, 3.8) is 0 Å². The van der Waals surface area contributed by atoms with E-state index in [4.69, 9.17) is 11.6 Å². The number of nitrogens with one attached hydrogen (secondary N) is 1. The molecular weight excluding hydrogens is 362 g/mol. The topological polar surface area (TPSA) is 72.9 Å². The van der Waals surface area contributed by atoms with E-state index in [-0.39, 0.29) is 17.7 Å². The molecular formula is C17H18ClN3O3S. The number of carbonyl (C=O) groups is 2. The van der Waals surface area contributed by atoms with Gasteiger partial charge < -0.3 is 20.2 Å². The fourth-order valence-corrected chi connectivity index (χ4v) is 3.65. The SMILES string of the molecule is O=C(NCc1ccc(Cl)s1)N1CCN(C(=O)c2ccc(O)cc2)CC1. The van der Waals surface area contributed by atoms with Crippen LogP contribution >= 0.6 is 22.9 Å². The third kappa shape index (κ3) is 4.43. The first-order valence-corrected chi connectivity index (χ1v) is 9.07. The molecule has 1 saturated heterocycles. The molecule has 25 heavy (non-hydrogen) atoms. The monoisotopic (exact) mass is 379 g/mol. The van der Waals surface area contributed by atoms with E-state index in [0.29, 0.717) is 42.6 Å². The summed E-state index contributed by atoms with van der Waals surface area (Å²) >= 11 is 7.31. The number of carbonyl (C=O) groups excluding carboxylic acids is 2. The van der Waals surface area contributed by atoms with E-state index in [9.17, 15) is 14.7 Å². The Bertz CT molecular complexity index is 755. The molecule has 0 saturated carbocycles. The summed E-state index contributed by atoms with van der Waals surface area (Å²) < 4.78 is 0.700. The lowest BCUT2D eigenvalue weighted by Crippen LogP contribution is -2.53. The van der Waals surface area contributed by atoms with E-state index in [0.717, 1.165) is 4.88 Å². The van der Waals surface area contributed by atoms with Crippen LogP contribution in [0.2, 0.25) is 4.34 Å². The molecule has 0 atom stereocenters. The van der Waals surface area contributed by atoms with Crippen molar-refractivity contribution in [2.75, 3.05) is 26.2 Å². The minimum atomic E-state index is -0.138. The van der Waals surface area contributed by atoms with Crippen molar-refractivity contribution >= 4 is 34.9 Å². The summed E-state index contributed by atoms with van der Waals surface area (Å²) in [4.78, 5) is 29.1. The predicted octanol–water partition coefficient (Wildman–Crippen LogP) is 2.77. The second kappa shape index (κ2) is 7.76. The van der Waals surface area contributed by atoms with Gasteiger partial charge in [-0.3, -0.25) is 4.79 Å². The molecule has 0 spiro atoms. The molecule has 2 N–H and O–H groups in total. The van der Waals surface area contributed by atoms with E-state index < -0.39 is 0 Å². The Kier molecular flexibility index (Phi) is 5.45. The number of nitrogens with zero attached hydrogens (tertiary/aromatic N) is 2. The van der Waals surface area contributed by atoms with Gasteiger partial charge in [-0.2, -0.15) is 0 Å². The van der Waals surface area contributed by atoms with Crippen LogP contribution in [0, 0.1) is 0 Å². The summed E-state index contributed by atoms with van der Waals surface area (Å²) in [6.07, 6.45) is 0. The normalized spacial score (nSPS) is 14.4. The minimum absolute atomic E-state index is 0.0896. The lowest BCUT2D eigenvalue weighted by Gasteiger charge is -2.34. The van der Waals surface area contributed by atoms with Gasteiger partial charge in [0, 0.05) is 36.6 Å². The number of benzene rings is 1. The summed E-state index contributed by atoms with van der Waals surface area (Å²) in [6, 6.07) is 9.75. The molecule has 2 aromatic rings. The van der Waals surface area contributed by atoms with Crippen LogP contribution in [-0.2, 0) is 6.54 Å². The van der Waals surface area contributed by atoms with Crippen molar-refractivity contribution in [2.24, 2.45) is 0 Å². The van der Waals surface area contributed by atoms with Crippen molar-refractivity contribution < 1.29 is 14.7 Å². The van der Waals surface area contributed by atoms with Gasteiger partial charge in [0.2, 0.25) is 0 Å². The first-order chi connectivity index (χ1) is 12.0. The van der Waals surface area contributed by atoms with Crippen LogP contribution in [0.1, 0.15) is 15.2 Å². The fraction of sp³-hybridized carbons (Fsp3) is 0.294. The Balaban J connectivity index is 1.48. The van der Waals surface area contributed by atoms with Gasteiger partial charge in [-0.05, 0) is 36.4 Å². The first kappa shape index (κ1) is 17.6. The summed E-state index contributed by atoms with van der Waals surface area (Å²) in [5.41, 5.74) is 0.533. The van der Waals surface area contributed by atoms with Gasteiger partial charge in [0.1, 0.15) is 5.75 Å². The van der Waals surface area contributed by atoms with Gasteiger partial charge in [-0.15, -0.1) is 11.3 Å². The average Bonchev–Trinajstić information content (AvgIpc) is 3.05. The molecule has 132 valence electrons. The van der Waals surface area contributed by atoms with Crippen molar-refractivity contribution in [1.82, 2.24) is 15.1 Å². The quantitative estimate of drug-likeness (QED) is 0.861. The van der Waals surface area contributed by atoms with E-state index in [2.05, 4.69) is 5.32 Å². The van der Waals surface area contributed by atoms with Gasteiger partial charge in [0.15, 0.2) is 0 Å². The highest BCUT2D eigenvalue weighted by Crippen LogP contribution is 2.21. The van der Waals surface area contributed by atoms with Crippen molar-refractivity contribution in [1.29, 1.82) is 0 Å². The van der Waals surface area contributed by atoms with E-state index >= 15 is 0 Å². The number of amides is 3. The Labute approximate surface area is 154 Å². The van der Waals surface area contributed by atoms with Crippen LogP contribution in [0.15, 0.2) is 36.4 Å². The smallest absolute Gasteiger partial charge is 0.317 e. The second-order valence-electron chi connectivity index (χ2n) is 5.69. The van der Waals surface area contributed by atoms with E-state index in [1.165, 1.54) is 23.5 Å². The third-order valence-corrected chi connectivity index (χ3v) is 5.24. The number of phenols is 1. The number of thiophene rings is 1. The summed E-state index contributed by atoms with van der Waals surface area (Å²) in [5, 5.41) is 12.2. The molecule has 0 bridgehead atoms. The van der Waals surface area contributed by atoms with Crippen LogP contribution in [0.4, 0.5) is 4.79 Å². The highest BCUT2D eigenvalue weighted by molar-refractivity contribution is 7.16. The Morgan fingerprint density at radius 3 is 2.28 bits per heavy atom. The molecule has 0 radical (unpaired) electrons. The molecule has 1 aliphatic heterocycles. The van der Waals surface area contributed by atoms with Crippen LogP contribution in [0.25, 0.3) is 0 Å². The van der Waals surface area contributed by atoms with Crippen LogP contribution < -0.4 is 5.32 Å². The molecule has 1 aromatic heterocycles. The van der Waals surface area contributed by atoms with Gasteiger partial charge >= 0.3 is 6.03 Å². The van der Waals surface area contributed by atoms with Crippen LogP contribution in [-0.4, -0.2) is 53.0 Å².